The Balaban J connectivity index is 2.08. The van der Waals surface area contributed by atoms with Crippen LogP contribution < -0.4 is 10.2 Å². The molecule has 0 bridgehead atoms. The van der Waals surface area contributed by atoms with E-state index in [1.807, 2.05) is 6.07 Å². The Morgan fingerprint density at radius 1 is 1.05 bits per heavy atom. The lowest BCUT2D eigenvalue weighted by atomic mass is 10.3. The van der Waals surface area contributed by atoms with Gasteiger partial charge in [0, 0.05) is 23.4 Å². The number of carbonyl (C=O) groups is 2. The Morgan fingerprint density at radius 2 is 1.75 bits per heavy atom. The quantitative estimate of drug-likeness (QED) is 0.864. The highest BCUT2D eigenvalue weighted by molar-refractivity contribution is 6.44. The first-order chi connectivity index (χ1) is 9.58. The second kappa shape index (κ2) is 6.21. The van der Waals surface area contributed by atoms with Gasteiger partial charge in [-0.2, -0.15) is 0 Å². The molecule has 0 saturated heterocycles. The minimum atomic E-state index is -0.710. The molecule has 5 heteroatoms. The third-order valence-electron chi connectivity index (χ3n) is 2.72. The number of likely N-dealkylation sites (N-methyl/N-ethyl adjacent to an activating group) is 1. The largest absolute Gasteiger partial charge is 0.318 e. The summed E-state index contributed by atoms with van der Waals surface area (Å²) in [5, 5.41) is 3.01. The molecular formula is C15H13ClN2O2. The van der Waals surface area contributed by atoms with Crippen molar-refractivity contribution in [2.75, 3.05) is 17.3 Å². The maximum atomic E-state index is 12.0. The number of benzene rings is 2. The number of hydrogen-bond acceptors (Lipinski definition) is 2. The van der Waals surface area contributed by atoms with Crippen LogP contribution >= 0.6 is 11.6 Å². The number of rotatable bonds is 2. The number of nitrogens with one attached hydrogen (secondary N) is 1. The van der Waals surface area contributed by atoms with Crippen LogP contribution in [0.1, 0.15) is 0 Å². The fourth-order valence-corrected chi connectivity index (χ4v) is 1.86. The number of halogens is 1. The van der Waals surface area contributed by atoms with Gasteiger partial charge in [0.1, 0.15) is 0 Å². The van der Waals surface area contributed by atoms with E-state index in [2.05, 4.69) is 5.32 Å². The number of anilines is 2. The molecule has 0 aromatic heterocycles. The van der Waals surface area contributed by atoms with Gasteiger partial charge in [-0.15, -0.1) is 0 Å². The minimum Gasteiger partial charge on any atom is -0.318 e. The van der Waals surface area contributed by atoms with Crippen molar-refractivity contribution in [2.45, 2.75) is 0 Å². The van der Waals surface area contributed by atoms with Crippen molar-refractivity contribution in [1.82, 2.24) is 0 Å². The first-order valence-electron chi connectivity index (χ1n) is 5.97. The van der Waals surface area contributed by atoms with Gasteiger partial charge < -0.3 is 10.2 Å². The summed E-state index contributed by atoms with van der Waals surface area (Å²) < 4.78 is 0. The zero-order valence-electron chi connectivity index (χ0n) is 10.8. The third-order valence-corrected chi connectivity index (χ3v) is 2.96. The SMILES string of the molecule is CN(C(=O)C(=O)Nc1cccc(Cl)c1)c1ccccc1. The molecule has 102 valence electrons. The summed E-state index contributed by atoms with van der Waals surface area (Å²) in [6.45, 7) is 0. The number of hydrogen-bond donors (Lipinski definition) is 1. The Kier molecular flexibility index (Phi) is 4.38. The molecule has 2 amide bonds. The van der Waals surface area contributed by atoms with Crippen molar-refractivity contribution in [3.05, 3.63) is 59.6 Å². The average molecular weight is 289 g/mol. The summed E-state index contributed by atoms with van der Waals surface area (Å²) in [4.78, 5) is 25.2. The summed E-state index contributed by atoms with van der Waals surface area (Å²) in [6.07, 6.45) is 0. The summed E-state index contributed by atoms with van der Waals surface area (Å²) in [5.74, 6) is -1.35. The highest BCUT2D eigenvalue weighted by atomic mass is 35.5. The molecule has 0 unspecified atom stereocenters. The predicted molar refractivity (Wildman–Crippen MR) is 79.9 cm³/mol. The van der Waals surface area contributed by atoms with Crippen LogP contribution in [0.5, 0.6) is 0 Å². The van der Waals surface area contributed by atoms with Crippen LogP contribution in [0.25, 0.3) is 0 Å². The first kappa shape index (κ1) is 14.1. The van der Waals surface area contributed by atoms with Crippen LogP contribution in [-0.4, -0.2) is 18.9 Å². The van der Waals surface area contributed by atoms with Crippen LogP contribution in [0.2, 0.25) is 5.02 Å². The van der Waals surface area contributed by atoms with Crippen molar-refractivity contribution >= 4 is 34.8 Å². The average Bonchev–Trinajstić information content (AvgIpc) is 2.46. The number of para-hydroxylation sites is 1. The fraction of sp³-hybridized carbons (Fsp3) is 0.0667. The summed E-state index contributed by atoms with van der Waals surface area (Å²) in [7, 11) is 1.55. The molecule has 2 aromatic carbocycles. The number of carbonyl (C=O) groups excluding carboxylic acids is 2. The van der Waals surface area contributed by atoms with Crippen LogP contribution in [0.4, 0.5) is 11.4 Å². The van der Waals surface area contributed by atoms with E-state index in [1.54, 1.807) is 55.6 Å². The van der Waals surface area contributed by atoms with E-state index in [9.17, 15) is 9.59 Å². The Hall–Kier alpha value is -2.33. The molecule has 0 radical (unpaired) electrons. The number of amides is 2. The van der Waals surface area contributed by atoms with Gasteiger partial charge in [-0.25, -0.2) is 0 Å². The molecule has 0 fully saturated rings. The lowest BCUT2D eigenvalue weighted by molar-refractivity contribution is -0.134. The third kappa shape index (κ3) is 3.36. The van der Waals surface area contributed by atoms with Gasteiger partial charge in [-0.3, -0.25) is 9.59 Å². The van der Waals surface area contributed by atoms with E-state index in [0.717, 1.165) is 0 Å². The normalized spacial score (nSPS) is 9.90. The van der Waals surface area contributed by atoms with Crippen molar-refractivity contribution < 1.29 is 9.59 Å². The van der Waals surface area contributed by atoms with Gasteiger partial charge in [-0.05, 0) is 30.3 Å². The van der Waals surface area contributed by atoms with Crippen LogP contribution in [-0.2, 0) is 9.59 Å². The highest BCUT2D eigenvalue weighted by Crippen LogP contribution is 2.16. The van der Waals surface area contributed by atoms with Crippen molar-refractivity contribution in [2.24, 2.45) is 0 Å². The van der Waals surface area contributed by atoms with E-state index in [4.69, 9.17) is 11.6 Å². The second-order valence-electron chi connectivity index (χ2n) is 4.16. The molecular weight excluding hydrogens is 276 g/mol. The van der Waals surface area contributed by atoms with Crippen LogP contribution in [0.3, 0.4) is 0 Å². The molecule has 0 aliphatic carbocycles. The van der Waals surface area contributed by atoms with Gasteiger partial charge in [0.2, 0.25) is 0 Å². The molecule has 0 heterocycles. The smallest absolute Gasteiger partial charge is 0.316 e. The van der Waals surface area contributed by atoms with Gasteiger partial charge in [0.25, 0.3) is 0 Å². The molecule has 2 aromatic rings. The maximum Gasteiger partial charge on any atom is 0.316 e. The van der Waals surface area contributed by atoms with Gasteiger partial charge >= 0.3 is 11.8 Å². The molecule has 2 rings (SSSR count). The van der Waals surface area contributed by atoms with Crippen LogP contribution in [0, 0.1) is 0 Å². The second-order valence-corrected chi connectivity index (χ2v) is 4.60. The standard InChI is InChI=1S/C15H13ClN2O2/c1-18(13-8-3-2-4-9-13)15(20)14(19)17-12-7-5-6-11(16)10-12/h2-10H,1H3,(H,17,19). The van der Waals surface area contributed by atoms with Gasteiger partial charge in [-0.1, -0.05) is 35.9 Å². The first-order valence-corrected chi connectivity index (χ1v) is 6.35. The van der Waals surface area contributed by atoms with Crippen molar-refractivity contribution in [3.8, 4) is 0 Å². The minimum absolute atomic E-state index is 0.484. The Bertz CT molecular complexity index is 629. The predicted octanol–water partition coefficient (Wildman–Crippen LogP) is 2.94. The maximum absolute atomic E-state index is 12.0. The molecule has 20 heavy (non-hydrogen) atoms. The van der Waals surface area contributed by atoms with Crippen molar-refractivity contribution in [3.63, 3.8) is 0 Å². The van der Waals surface area contributed by atoms with E-state index in [1.165, 1.54) is 4.90 Å². The van der Waals surface area contributed by atoms with Crippen LogP contribution in [0.15, 0.2) is 54.6 Å². The molecule has 4 nitrogen and oxygen atoms in total. The Morgan fingerprint density at radius 3 is 2.40 bits per heavy atom. The van der Waals surface area contributed by atoms with E-state index in [0.29, 0.717) is 16.4 Å². The van der Waals surface area contributed by atoms with E-state index >= 15 is 0 Å². The highest BCUT2D eigenvalue weighted by Gasteiger charge is 2.19. The zero-order valence-corrected chi connectivity index (χ0v) is 11.6. The van der Waals surface area contributed by atoms with Gasteiger partial charge in [0.05, 0.1) is 0 Å². The lowest BCUT2D eigenvalue weighted by Crippen LogP contribution is -2.37. The van der Waals surface area contributed by atoms with E-state index < -0.39 is 11.8 Å². The molecule has 0 spiro atoms. The molecule has 0 atom stereocenters. The number of nitrogens with zero attached hydrogens (tertiary/aromatic N) is 1. The topological polar surface area (TPSA) is 49.4 Å². The monoisotopic (exact) mass is 288 g/mol. The van der Waals surface area contributed by atoms with Gasteiger partial charge in [0.15, 0.2) is 0 Å². The Labute approximate surface area is 122 Å². The lowest BCUT2D eigenvalue weighted by Gasteiger charge is -2.16. The summed E-state index contributed by atoms with van der Waals surface area (Å²) in [5.41, 5.74) is 1.14. The van der Waals surface area contributed by atoms with Crippen molar-refractivity contribution in [1.29, 1.82) is 0 Å². The summed E-state index contributed by atoms with van der Waals surface area (Å²) in [6, 6.07) is 15.6. The zero-order chi connectivity index (χ0) is 14.5. The summed E-state index contributed by atoms with van der Waals surface area (Å²) >= 11 is 5.82. The van der Waals surface area contributed by atoms with E-state index in [-0.39, 0.29) is 0 Å². The molecule has 0 aliphatic rings. The molecule has 0 aliphatic heterocycles. The molecule has 1 N–H and O–H groups in total. The molecule has 0 saturated carbocycles. The fourth-order valence-electron chi connectivity index (χ4n) is 1.67.